The SMILES string of the molecule is CC.CSCC(=O)NC=O.Cc1ccc(OCc2nc3ccc(Oc4ccc(Cc5ccccc5)cc4)cc3n2C)cc1. The van der Waals surface area contributed by atoms with Crippen molar-refractivity contribution >= 4 is 35.1 Å². The number of aryl methyl sites for hydroxylation is 2. The van der Waals surface area contributed by atoms with Crippen LogP contribution in [0, 0.1) is 6.92 Å². The van der Waals surface area contributed by atoms with Crippen molar-refractivity contribution in [1.29, 1.82) is 0 Å². The van der Waals surface area contributed by atoms with E-state index in [1.54, 1.807) is 6.26 Å². The van der Waals surface area contributed by atoms with Crippen LogP contribution in [-0.2, 0) is 29.7 Å². The van der Waals surface area contributed by atoms with Gasteiger partial charge in [0.2, 0.25) is 12.3 Å². The van der Waals surface area contributed by atoms with Crippen LogP contribution in [0.1, 0.15) is 36.4 Å². The maximum absolute atomic E-state index is 10.3. The van der Waals surface area contributed by atoms with E-state index in [9.17, 15) is 9.59 Å². The van der Waals surface area contributed by atoms with Crippen LogP contribution < -0.4 is 14.8 Å². The molecule has 0 radical (unpaired) electrons. The van der Waals surface area contributed by atoms with E-state index in [0.29, 0.717) is 18.8 Å². The van der Waals surface area contributed by atoms with Crippen LogP contribution in [0.25, 0.3) is 11.0 Å². The topological polar surface area (TPSA) is 82.5 Å². The second-order valence-corrected chi connectivity index (χ2v) is 10.2. The van der Waals surface area contributed by atoms with Gasteiger partial charge in [-0.1, -0.05) is 74.0 Å². The molecule has 5 rings (SSSR count). The van der Waals surface area contributed by atoms with Crippen LogP contribution in [-0.4, -0.2) is 33.9 Å². The number of hydrogen-bond acceptors (Lipinski definition) is 6. The molecule has 0 aliphatic carbocycles. The first-order chi connectivity index (χ1) is 20.9. The summed E-state index contributed by atoms with van der Waals surface area (Å²) in [6.45, 7) is 6.47. The van der Waals surface area contributed by atoms with Crippen LogP contribution in [0.5, 0.6) is 17.2 Å². The highest BCUT2D eigenvalue weighted by Crippen LogP contribution is 2.27. The number of amides is 2. The number of ether oxygens (including phenoxy) is 2. The van der Waals surface area contributed by atoms with Crippen molar-refractivity contribution in [3.8, 4) is 17.2 Å². The molecule has 0 fully saturated rings. The Bertz CT molecular complexity index is 1570. The zero-order valence-electron chi connectivity index (χ0n) is 25.4. The summed E-state index contributed by atoms with van der Waals surface area (Å²) in [5.74, 6) is 3.41. The van der Waals surface area contributed by atoms with Gasteiger partial charge in [-0.2, -0.15) is 11.8 Å². The second-order valence-electron chi connectivity index (χ2n) is 9.37. The molecule has 0 spiro atoms. The molecule has 2 amide bonds. The number of imidazole rings is 1. The fourth-order valence-electron chi connectivity index (χ4n) is 4.08. The Morgan fingerprint density at radius 2 is 1.51 bits per heavy atom. The molecule has 8 heteroatoms. The summed E-state index contributed by atoms with van der Waals surface area (Å²) in [7, 11) is 2.01. The molecule has 0 unspecified atom stereocenters. The van der Waals surface area contributed by atoms with Crippen LogP contribution in [0.2, 0.25) is 0 Å². The van der Waals surface area contributed by atoms with Gasteiger partial charge in [0.05, 0.1) is 16.8 Å². The average molecular weight is 598 g/mol. The first-order valence-corrected chi connectivity index (χ1v) is 15.5. The van der Waals surface area contributed by atoms with Gasteiger partial charge >= 0.3 is 0 Å². The van der Waals surface area contributed by atoms with Gasteiger partial charge in [-0.3, -0.25) is 14.9 Å². The lowest BCUT2D eigenvalue weighted by molar-refractivity contribution is -0.123. The van der Waals surface area contributed by atoms with Gasteiger partial charge in [-0.05, 0) is 67.1 Å². The summed E-state index contributed by atoms with van der Waals surface area (Å²) in [6.07, 6.45) is 3.10. The minimum Gasteiger partial charge on any atom is -0.486 e. The first kappa shape index (κ1) is 32.9. The number of thioether (sulfide) groups is 1. The molecule has 1 heterocycles. The van der Waals surface area contributed by atoms with E-state index < -0.39 is 0 Å². The van der Waals surface area contributed by atoms with E-state index in [-0.39, 0.29) is 5.91 Å². The summed E-state index contributed by atoms with van der Waals surface area (Å²) in [5.41, 5.74) is 5.70. The van der Waals surface area contributed by atoms with Crippen molar-refractivity contribution in [2.45, 2.75) is 33.8 Å². The normalized spacial score (nSPS) is 10.1. The molecule has 7 nitrogen and oxygen atoms in total. The number of nitrogens with zero attached hydrogens (tertiary/aromatic N) is 2. The molecule has 0 bridgehead atoms. The van der Waals surface area contributed by atoms with E-state index in [4.69, 9.17) is 14.5 Å². The molecule has 5 aromatic rings. The van der Waals surface area contributed by atoms with Gasteiger partial charge < -0.3 is 14.0 Å². The number of nitrogens with one attached hydrogen (secondary N) is 1. The molecular weight excluding hydrogens is 558 g/mol. The van der Waals surface area contributed by atoms with E-state index in [2.05, 4.69) is 47.9 Å². The molecule has 1 aromatic heterocycles. The second kappa shape index (κ2) is 17.4. The van der Waals surface area contributed by atoms with Crippen molar-refractivity contribution in [2.24, 2.45) is 7.05 Å². The van der Waals surface area contributed by atoms with Crippen molar-refractivity contribution in [2.75, 3.05) is 12.0 Å². The lowest BCUT2D eigenvalue weighted by Gasteiger charge is -2.08. The van der Waals surface area contributed by atoms with Crippen molar-refractivity contribution in [3.63, 3.8) is 0 Å². The monoisotopic (exact) mass is 597 g/mol. The smallest absolute Gasteiger partial charge is 0.236 e. The minimum absolute atomic E-state index is 0.243. The highest BCUT2D eigenvalue weighted by atomic mass is 32.2. The zero-order valence-corrected chi connectivity index (χ0v) is 26.2. The van der Waals surface area contributed by atoms with E-state index >= 15 is 0 Å². The van der Waals surface area contributed by atoms with E-state index in [0.717, 1.165) is 40.5 Å². The standard InChI is InChI=1S/C29H26N2O2.C4H7NO2S.C2H6/c1-21-8-12-24(13-9-21)32-20-29-30-27-17-16-26(19-28(27)31(29)2)33-25-14-10-23(11-15-25)18-22-6-4-3-5-7-22;1-8-2-4(7)5-3-6;1-2/h3-17,19H,18,20H2,1-2H3;3H,2H2,1H3,(H,5,6,7);1-2H3. The number of fused-ring (bicyclic) bond motifs is 1. The Balaban J connectivity index is 0.000000441. The molecule has 224 valence electrons. The highest BCUT2D eigenvalue weighted by molar-refractivity contribution is 7.99. The maximum Gasteiger partial charge on any atom is 0.236 e. The molecule has 0 saturated carbocycles. The Morgan fingerprint density at radius 1 is 0.884 bits per heavy atom. The largest absolute Gasteiger partial charge is 0.486 e. The molecule has 0 saturated heterocycles. The lowest BCUT2D eigenvalue weighted by atomic mass is 10.1. The van der Waals surface area contributed by atoms with Crippen LogP contribution in [0.3, 0.4) is 0 Å². The maximum atomic E-state index is 10.3. The Hall–Kier alpha value is -4.56. The molecule has 4 aromatic carbocycles. The van der Waals surface area contributed by atoms with Crippen LogP contribution in [0.15, 0.2) is 97.1 Å². The van der Waals surface area contributed by atoms with Gasteiger partial charge in [0.15, 0.2) is 0 Å². The summed E-state index contributed by atoms with van der Waals surface area (Å²) >= 11 is 1.38. The molecule has 0 atom stereocenters. The predicted octanol–water partition coefficient (Wildman–Crippen LogP) is 7.49. The molecule has 0 aliphatic rings. The number of imide groups is 1. The predicted molar refractivity (Wildman–Crippen MR) is 176 cm³/mol. The van der Waals surface area contributed by atoms with Gasteiger partial charge in [-0.15, -0.1) is 0 Å². The van der Waals surface area contributed by atoms with Crippen molar-refractivity contribution in [3.05, 3.63) is 120 Å². The number of aromatic nitrogens is 2. The summed E-state index contributed by atoms with van der Waals surface area (Å²) in [4.78, 5) is 24.6. The van der Waals surface area contributed by atoms with Crippen LogP contribution in [0.4, 0.5) is 0 Å². The zero-order chi connectivity index (χ0) is 31.0. The molecule has 43 heavy (non-hydrogen) atoms. The van der Waals surface area contributed by atoms with E-state index in [1.807, 2.05) is 86.9 Å². The van der Waals surface area contributed by atoms with Gasteiger partial charge in [-0.25, -0.2) is 4.98 Å². The quantitative estimate of drug-likeness (QED) is 0.168. The Morgan fingerprint density at radius 3 is 2.16 bits per heavy atom. The lowest BCUT2D eigenvalue weighted by Crippen LogP contribution is -2.22. The third kappa shape index (κ3) is 10.3. The summed E-state index contributed by atoms with van der Waals surface area (Å²) in [6, 6.07) is 32.8. The van der Waals surface area contributed by atoms with Crippen LogP contribution >= 0.6 is 11.8 Å². The van der Waals surface area contributed by atoms with Crippen molar-refractivity contribution in [1.82, 2.24) is 14.9 Å². The number of carbonyl (C=O) groups excluding carboxylic acids is 2. The van der Waals surface area contributed by atoms with Gasteiger partial charge in [0.1, 0.15) is 29.7 Å². The summed E-state index contributed by atoms with van der Waals surface area (Å²) < 4.78 is 14.1. The number of benzene rings is 4. The minimum atomic E-state index is -0.243. The molecule has 0 aliphatic heterocycles. The fourth-order valence-corrected chi connectivity index (χ4v) is 4.42. The Labute approximate surface area is 258 Å². The van der Waals surface area contributed by atoms with Crippen molar-refractivity contribution < 1.29 is 19.1 Å². The molecular formula is C35H39N3O4S. The number of rotatable bonds is 10. The van der Waals surface area contributed by atoms with E-state index in [1.165, 1.54) is 28.5 Å². The first-order valence-electron chi connectivity index (χ1n) is 14.1. The van der Waals surface area contributed by atoms with Gasteiger partial charge in [0, 0.05) is 13.1 Å². The third-order valence-electron chi connectivity index (χ3n) is 6.24. The fraction of sp³-hybridized carbons (Fsp3) is 0.229. The Kier molecular flexibility index (Phi) is 13.3. The molecule has 1 N–H and O–H groups in total. The van der Waals surface area contributed by atoms with Gasteiger partial charge in [0.25, 0.3) is 0 Å². The number of hydrogen-bond donors (Lipinski definition) is 1. The third-order valence-corrected chi connectivity index (χ3v) is 6.79. The highest BCUT2D eigenvalue weighted by Gasteiger charge is 2.10. The number of carbonyl (C=O) groups is 2. The summed E-state index contributed by atoms with van der Waals surface area (Å²) in [5, 5.41) is 2.01. The average Bonchev–Trinajstić information content (AvgIpc) is 3.34.